The predicted molar refractivity (Wildman–Crippen MR) is 79.9 cm³/mol. The number of fused-ring (bicyclic) bond motifs is 2. The topological polar surface area (TPSA) is 17.8 Å². The first-order valence-corrected chi connectivity index (χ1v) is 8.27. The number of aryl methyl sites for hydroxylation is 2. The summed E-state index contributed by atoms with van der Waals surface area (Å²) in [4.78, 5) is 0. The first-order valence-electron chi connectivity index (χ1n) is 7.36. The molecule has 0 aromatic carbocycles. The van der Waals surface area contributed by atoms with E-state index in [0.29, 0.717) is 0 Å². The molecule has 19 heavy (non-hydrogen) atoms. The van der Waals surface area contributed by atoms with Crippen LogP contribution in [0.2, 0.25) is 5.02 Å². The lowest BCUT2D eigenvalue weighted by molar-refractivity contribution is 0.189. The van der Waals surface area contributed by atoms with Crippen LogP contribution in [-0.2, 0) is 19.9 Å². The molecule has 0 saturated heterocycles. The van der Waals surface area contributed by atoms with Gasteiger partial charge in [-0.1, -0.05) is 24.9 Å². The van der Waals surface area contributed by atoms with Crippen molar-refractivity contribution < 1.29 is 0 Å². The van der Waals surface area contributed by atoms with Crippen molar-refractivity contribution in [2.45, 2.75) is 45.4 Å². The first-order chi connectivity index (χ1) is 9.09. The van der Waals surface area contributed by atoms with E-state index in [1.165, 1.54) is 31.4 Å². The fourth-order valence-corrected chi connectivity index (χ4v) is 5.11. The zero-order valence-corrected chi connectivity index (χ0v) is 13.3. The lowest BCUT2D eigenvalue weighted by atomic mass is 9.71. The summed E-state index contributed by atoms with van der Waals surface area (Å²) >= 11 is 12.9. The second-order valence-electron chi connectivity index (χ2n) is 6.44. The number of rotatable bonds is 4. The average molecular weight is 301 g/mol. The van der Waals surface area contributed by atoms with Gasteiger partial charge in [-0.2, -0.15) is 5.10 Å². The highest BCUT2D eigenvalue weighted by molar-refractivity contribution is 6.31. The Bertz CT molecular complexity index is 483. The van der Waals surface area contributed by atoms with Crippen molar-refractivity contribution in [3.8, 4) is 0 Å². The predicted octanol–water partition coefficient (Wildman–Crippen LogP) is 4.22. The van der Waals surface area contributed by atoms with Crippen LogP contribution < -0.4 is 0 Å². The van der Waals surface area contributed by atoms with Gasteiger partial charge in [-0.25, -0.2) is 0 Å². The summed E-state index contributed by atoms with van der Waals surface area (Å²) in [5.74, 6) is 2.46. The zero-order valence-electron chi connectivity index (χ0n) is 11.8. The van der Waals surface area contributed by atoms with Gasteiger partial charge in [0.05, 0.1) is 16.4 Å². The Kier molecular flexibility index (Phi) is 3.59. The molecule has 1 heterocycles. The van der Waals surface area contributed by atoms with Crippen molar-refractivity contribution in [2.24, 2.45) is 24.3 Å². The summed E-state index contributed by atoms with van der Waals surface area (Å²) in [5.41, 5.74) is 2.48. The maximum absolute atomic E-state index is 6.50. The van der Waals surface area contributed by atoms with E-state index in [0.717, 1.165) is 41.3 Å². The zero-order chi connectivity index (χ0) is 13.6. The number of halogens is 2. The SMILES string of the molecule is CCc1nn(C)c(CC2(CCl)CC3CCC2C3)c1Cl. The lowest BCUT2D eigenvalue weighted by Gasteiger charge is -2.36. The first kappa shape index (κ1) is 13.8. The summed E-state index contributed by atoms with van der Waals surface area (Å²) in [6.07, 6.45) is 7.32. The molecule has 2 bridgehead atoms. The van der Waals surface area contributed by atoms with Gasteiger partial charge in [-0.3, -0.25) is 4.68 Å². The summed E-state index contributed by atoms with van der Waals surface area (Å²) in [6, 6.07) is 0. The molecule has 2 aliphatic rings. The Hall–Kier alpha value is -0.210. The van der Waals surface area contributed by atoms with Gasteiger partial charge < -0.3 is 0 Å². The van der Waals surface area contributed by atoms with Crippen molar-refractivity contribution in [3.63, 3.8) is 0 Å². The van der Waals surface area contributed by atoms with E-state index in [2.05, 4.69) is 12.0 Å². The summed E-state index contributed by atoms with van der Waals surface area (Å²) in [7, 11) is 2.01. The molecular weight excluding hydrogens is 279 g/mol. The highest BCUT2D eigenvalue weighted by Crippen LogP contribution is 2.58. The molecule has 2 saturated carbocycles. The van der Waals surface area contributed by atoms with Gasteiger partial charge >= 0.3 is 0 Å². The van der Waals surface area contributed by atoms with Crippen molar-refractivity contribution in [2.75, 3.05) is 5.88 Å². The fourth-order valence-electron chi connectivity index (χ4n) is 4.33. The molecule has 4 heteroatoms. The molecule has 3 unspecified atom stereocenters. The van der Waals surface area contributed by atoms with Gasteiger partial charge in [-0.05, 0) is 49.4 Å². The summed E-state index contributed by atoms with van der Waals surface area (Å²) < 4.78 is 1.97. The molecule has 106 valence electrons. The molecule has 0 radical (unpaired) electrons. The molecule has 2 nitrogen and oxygen atoms in total. The molecule has 0 spiro atoms. The van der Waals surface area contributed by atoms with E-state index < -0.39 is 0 Å². The molecule has 3 rings (SSSR count). The van der Waals surface area contributed by atoms with Gasteiger partial charge in [0.15, 0.2) is 0 Å². The van der Waals surface area contributed by atoms with E-state index in [4.69, 9.17) is 23.2 Å². The Labute approximate surface area is 125 Å². The highest BCUT2D eigenvalue weighted by Gasteiger charge is 2.50. The molecule has 0 aliphatic heterocycles. The number of alkyl halides is 1. The van der Waals surface area contributed by atoms with E-state index in [1.54, 1.807) is 0 Å². The largest absolute Gasteiger partial charge is 0.271 e. The van der Waals surface area contributed by atoms with Crippen LogP contribution in [0.3, 0.4) is 0 Å². The number of nitrogens with zero attached hydrogens (tertiary/aromatic N) is 2. The van der Waals surface area contributed by atoms with Crippen molar-refractivity contribution >= 4 is 23.2 Å². The minimum atomic E-state index is 0.271. The molecule has 0 amide bonds. The van der Waals surface area contributed by atoms with Gasteiger partial charge in [0.1, 0.15) is 0 Å². The monoisotopic (exact) mass is 300 g/mol. The van der Waals surface area contributed by atoms with Crippen LogP contribution in [0.1, 0.15) is 44.0 Å². The Morgan fingerprint density at radius 3 is 2.68 bits per heavy atom. The molecule has 0 N–H and O–H groups in total. The van der Waals surface area contributed by atoms with Crippen LogP contribution >= 0.6 is 23.2 Å². The number of aromatic nitrogens is 2. The number of hydrogen-bond acceptors (Lipinski definition) is 1. The van der Waals surface area contributed by atoms with E-state index in [9.17, 15) is 0 Å². The van der Waals surface area contributed by atoms with Crippen LogP contribution in [0.4, 0.5) is 0 Å². The van der Waals surface area contributed by atoms with E-state index in [1.807, 2.05) is 11.7 Å². The standard InChI is InChI=1S/C15H22Cl2N2/c1-3-12-14(17)13(19(2)18-12)8-15(9-16)7-10-4-5-11(15)6-10/h10-11H,3-9H2,1-2H3. The van der Waals surface area contributed by atoms with Gasteiger partial charge in [0.2, 0.25) is 0 Å². The normalized spacial score (nSPS) is 33.3. The maximum atomic E-state index is 6.50. The van der Waals surface area contributed by atoms with Crippen LogP contribution in [-0.4, -0.2) is 15.7 Å². The minimum Gasteiger partial charge on any atom is -0.271 e. The second-order valence-corrected chi connectivity index (χ2v) is 7.08. The van der Waals surface area contributed by atoms with Gasteiger partial charge in [-0.15, -0.1) is 11.6 Å². The van der Waals surface area contributed by atoms with E-state index in [-0.39, 0.29) is 5.41 Å². The Balaban J connectivity index is 1.90. The molecule has 2 fully saturated rings. The molecule has 3 atom stereocenters. The molecule has 1 aromatic rings. The smallest absolute Gasteiger partial charge is 0.0849 e. The van der Waals surface area contributed by atoms with Crippen LogP contribution in [0.5, 0.6) is 0 Å². The number of hydrogen-bond donors (Lipinski definition) is 0. The Morgan fingerprint density at radius 1 is 1.42 bits per heavy atom. The lowest BCUT2D eigenvalue weighted by Crippen LogP contribution is -2.33. The van der Waals surface area contributed by atoms with Crippen molar-refractivity contribution in [3.05, 3.63) is 16.4 Å². The average Bonchev–Trinajstić information content (AvgIpc) is 3.07. The fraction of sp³-hybridized carbons (Fsp3) is 0.800. The van der Waals surface area contributed by atoms with Crippen LogP contribution in [0.15, 0.2) is 0 Å². The Morgan fingerprint density at radius 2 is 2.21 bits per heavy atom. The van der Waals surface area contributed by atoms with Crippen molar-refractivity contribution in [1.82, 2.24) is 9.78 Å². The second kappa shape index (κ2) is 4.96. The molecular formula is C15H22Cl2N2. The van der Waals surface area contributed by atoms with Gasteiger partial charge in [0, 0.05) is 12.9 Å². The van der Waals surface area contributed by atoms with Gasteiger partial charge in [0.25, 0.3) is 0 Å². The maximum Gasteiger partial charge on any atom is 0.0849 e. The molecule has 1 aromatic heterocycles. The van der Waals surface area contributed by atoms with Crippen LogP contribution in [0.25, 0.3) is 0 Å². The minimum absolute atomic E-state index is 0.271. The molecule has 2 aliphatic carbocycles. The third-order valence-electron chi connectivity index (χ3n) is 5.39. The summed E-state index contributed by atoms with van der Waals surface area (Å²) in [6.45, 7) is 2.10. The van der Waals surface area contributed by atoms with Crippen molar-refractivity contribution in [1.29, 1.82) is 0 Å². The van der Waals surface area contributed by atoms with Crippen LogP contribution in [0, 0.1) is 17.3 Å². The third kappa shape index (κ3) is 2.12. The highest BCUT2D eigenvalue weighted by atomic mass is 35.5. The third-order valence-corrected chi connectivity index (χ3v) is 6.36. The van der Waals surface area contributed by atoms with E-state index >= 15 is 0 Å². The quantitative estimate of drug-likeness (QED) is 0.761. The summed E-state index contributed by atoms with van der Waals surface area (Å²) in [5, 5.41) is 5.41.